The number of halogens is 1. The summed E-state index contributed by atoms with van der Waals surface area (Å²) in [5, 5.41) is 0.730. The fourth-order valence-corrected chi connectivity index (χ4v) is 2.31. The van der Waals surface area contributed by atoms with Crippen LogP contribution in [-0.2, 0) is 6.42 Å². The van der Waals surface area contributed by atoms with Gasteiger partial charge in [-0.1, -0.05) is 41.4 Å². The molecule has 0 amide bonds. The molecule has 0 saturated carbocycles. The summed E-state index contributed by atoms with van der Waals surface area (Å²) in [6.07, 6.45) is 0.813. The van der Waals surface area contributed by atoms with Gasteiger partial charge in [-0.15, -0.1) is 0 Å². The summed E-state index contributed by atoms with van der Waals surface area (Å²) in [4.78, 5) is 7.87. The van der Waals surface area contributed by atoms with E-state index in [9.17, 15) is 0 Å². The summed E-state index contributed by atoms with van der Waals surface area (Å²) in [6, 6.07) is 14.2. The number of aryl methyl sites for hydroxylation is 1. The lowest BCUT2D eigenvalue weighted by molar-refractivity contribution is 1.04. The summed E-state index contributed by atoms with van der Waals surface area (Å²) < 4.78 is 0. The van der Waals surface area contributed by atoms with E-state index in [1.165, 1.54) is 11.1 Å². The minimum Gasteiger partial charge on any atom is -0.342 e. The number of benzene rings is 2. The SMILES string of the molecule is Cc1cccc(Cc2nc3ccc(Cl)cc3[nH]2)c1. The predicted molar refractivity (Wildman–Crippen MR) is 75.1 cm³/mol. The fraction of sp³-hybridized carbons (Fsp3) is 0.133. The lowest BCUT2D eigenvalue weighted by Crippen LogP contribution is -1.90. The highest BCUT2D eigenvalue weighted by Gasteiger charge is 2.04. The third-order valence-electron chi connectivity index (χ3n) is 2.95. The van der Waals surface area contributed by atoms with Gasteiger partial charge in [0.25, 0.3) is 0 Å². The van der Waals surface area contributed by atoms with Gasteiger partial charge in [-0.2, -0.15) is 0 Å². The van der Waals surface area contributed by atoms with Gasteiger partial charge in [0.15, 0.2) is 0 Å². The first-order chi connectivity index (χ1) is 8.70. The topological polar surface area (TPSA) is 28.7 Å². The van der Waals surface area contributed by atoms with Crippen molar-refractivity contribution in [3.63, 3.8) is 0 Å². The molecule has 0 aliphatic rings. The van der Waals surface area contributed by atoms with Crippen LogP contribution in [0.3, 0.4) is 0 Å². The first kappa shape index (κ1) is 11.3. The van der Waals surface area contributed by atoms with Crippen LogP contribution in [-0.4, -0.2) is 9.97 Å². The maximum Gasteiger partial charge on any atom is 0.111 e. The zero-order valence-corrected chi connectivity index (χ0v) is 10.8. The average Bonchev–Trinajstić information content (AvgIpc) is 2.70. The molecule has 0 aliphatic heterocycles. The number of aromatic amines is 1. The van der Waals surface area contributed by atoms with E-state index >= 15 is 0 Å². The Balaban J connectivity index is 1.95. The second kappa shape index (κ2) is 4.46. The lowest BCUT2D eigenvalue weighted by atomic mass is 10.1. The van der Waals surface area contributed by atoms with E-state index in [1.807, 2.05) is 18.2 Å². The number of hydrogen-bond donors (Lipinski definition) is 1. The molecule has 0 fully saturated rings. The molecule has 1 heterocycles. The maximum absolute atomic E-state index is 5.96. The molecular formula is C15H13ClN2. The Bertz CT molecular complexity index is 701. The van der Waals surface area contributed by atoms with E-state index in [0.717, 1.165) is 28.3 Å². The number of fused-ring (bicyclic) bond motifs is 1. The van der Waals surface area contributed by atoms with Crippen molar-refractivity contribution < 1.29 is 0 Å². The Hall–Kier alpha value is -1.80. The number of aromatic nitrogens is 2. The minimum atomic E-state index is 0.730. The number of nitrogens with zero attached hydrogens (tertiary/aromatic N) is 1. The van der Waals surface area contributed by atoms with E-state index in [0.29, 0.717) is 0 Å². The summed E-state index contributed by atoms with van der Waals surface area (Å²) in [6.45, 7) is 2.10. The van der Waals surface area contributed by atoms with Gasteiger partial charge in [0.2, 0.25) is 0 Å². The van der Waals surface area contributed by atoms with Gasteiger partial charge in [0.05, 0.1) is 11.0 Å². The van der Waals surface area contributed by atoms with E-state index in [1.54, 1.807) is 0 Å². The predicted octanol–water partition coefficient (Wildman–Crippen LogP) is 4.12. The van der Waals surface area contributed by atoms with E-state index in [-0.39, 0.29) is 0 Å². The Morgan fingerprint density at radius 2 is 2.06 bits per heavy atom. The van der Waals surface area contributed by atoms with Gasteiger partial charge in [-0.05, 0) is 30.7 Å². The van der Waals surface area contributed by atoms with Gasteiger partial charge in [-0.25, -0.2) is 4.98 Å². The minimum absolute atomic E-state index is 0.730. The van der Waals surface area contributed by atoms with Crippen molar-refractivity contribution in [1.29, 1.82) is 0 Å². The van der Waals surface area contributed by atoms with Crippen LogP contribution in [0.1, 0.15) is 17.0 Å². The number of imidazole rings is 1. The number of nitrogens with one attached hydrogen (secondary N) is 1. The fourth-order valence-electron chi connectivity index (χ4n) is 2.13. The quantitative estimate of drug-likeness (QED) is 0.734. The third kappa shape index (κ3) is 2.24. The van der Waals surface area contributed by atoms with Crippen molar-refractivity contribution in [3.8, 4) is 0 Å². The second-order valence-corrected chi connectivity index (χ2v) is 4.95. The average molecular weight is 257 g/mol. The molecule has 0 unspecified atom stereocenters. The Kier molecular flexibility index (Phi) is 2.80. The highest BCUT2D eigenvalue weighted by molar-refractivity contribution is 6.31. The first-order valence-corrected chi connectivity index (χ1v) is 6.28. The molecule has 2 nitrogen and oxygen atoms in total. The molecule has 0 spiro atoms. The molecule has 0 aliphatic carbocycles. The van der Waals surface area contributed by atoms with Crippen LogP contribution in [0.5, 0.6) is 0 Å². The Morgan fingerprint density at radius 1 is 1.17 bits per heavy atom. The smallest absolute Gasteiger partial charge is 0.111 e. The molecule has 18 heavy (non-hydrogen) atoms. The maximum atomic E-state index is 5.96. The van der Waals surface area contributed by atoms with Gasteiger partial charge < -0.3 is 4.98 Å². The summed E-state index contributed by atoms with van der Waals surface area (Å²) in [5.74, 6) is 0.970. The summed E-state index contributed by atoms with van der Waals surface area (Å²) in [5.41, 5.74) is 4.49. The Morgan fingerprint density at radius 3 is 2.89 bits per heavy atom. The molecular weight excluding hydrogens is 244 g/mol. The molecule has 0 atom stereocenters. The normalized spacial score (nSPS) is 11.0. The van der Waals surface area contributed by atoms with Crippen LogP contribution in [0.2, 0.25) is 5.02 Å². The molecule has 3 aromatic rings. The molecule has 0 saturated heterocycles. The zero-order valence-electron chi connectivity index (χ0n) is 10.1. The largest absolute Gasteiger partial charge is 0.342 e. The van der Waals surface area contributed by atoms with Crippen molar-refractivity contribution in [2.75, 3.05) is 0 Å². The van der Waals surface area contributed by atoms with Crippen molar-refractivity contribution in [3.05, 3.63) is 64.4 Å². The second-order valence-electron chi connectivity index (χ2n) is 4.51. The van der Waals surface area contributed by atoms with E-state index in [2.05, 4.69) is 41.2 Å². The van der Waals surface area contributed by atoms with Crippen molar-refractivity contribution in [1.82, 2.24) is 9.97 Å². The van der Waals surface area contributed by atoms with Crippen molar-refractivity contribution >= 4 is 22.6 Å². The van der Waals surface area contributed by atoms with Gasteiger partial charge in [0.1, 0.15) is 5.82 Å². The molecule has 1 N–H and O–H groups in total. The number of rotatable bonds is 2. The van der Waals surface area contributed by atoms with Crippen LogP contribution in [0, 0.1) is 6.92 Å². The van der Waals surface area contributed by atoms with Crippen LogP contribution in [0.4, 0.5) is 0 Å². The van der Waals surface area contributed by atoms with Crippen LogP contribution >= 0.6 is 11.6 Å². The summed E-state index contributed by atoms with van der Waals surface area (Å²) in [7, 11) is 0. The molecule has 3 heteroatoms. The standard InChI is InChI=1S/C15H13ClN2/c1-10-3-2-4-11(7-10)8-15-17-13-6-5-12(16)9-14(13)18-15/h2-7,9H,8H2,1H3,(H,17,18). The molecule has 0 radical (unpaired) electrons. The highest BCUT2D eigenvalue weighted by atomic mass is 35.5. The van der Waals surface area contributed by atoms with Crippen LogP contribution < -0.4 is 0 Å². The van der Waals surface area contributed by atoms with Gasteiger partial charge in [0, 0.05) is 11.4 Å². The van der Waals surface area contributed by atoms with Gasteiger partial charge in [-0.3, -0.25) is 0 Å². The van der Waals surface area contributed by atoms with Crippen molar-refractivity contribution in [2.24, 2.45) is 0 Å². The Labute approximate surface area is 111 Å². The van der Waals surface area contributed by atoms with E-state index in [4.69, 9.17) is 11.6 Å². The number of H-pyrrole nitrogens is 1. The summed E-state index contributed by atoms with van der Waals surface area (Å²) >= 11 is 5.96. The van der Waals surface area contributed by atoms with Crippen LogP contribution in [0.25, 0.3) is 11.0 Å². The number of hydrogen-bond acceptors (Lipinski definition) is 1. The molecule has 1 aromatic heterocycles. The first-order valence-electron chi connectivity index (χ1n) is 5.90. The van der Waals surface area contributed by atoms with E-state index < -0.39 is 0 Å². The van der Waals surface area contributed by atoms with Gasteiger partial charge >= 0.3 is 0 Å². The highest BCUT2D eigenvalue weighted by Crippen LogP contribution is 2.18. The van der Waals surface area contributed by atoms with Crippen LogP contribution in [0.15, 0.2) is 42.5 Å². The zero-order chi connectivity index (χ0) is 12.5. The molecule has 3 rings (SSSR count). The monoisotopic (exact) mass is 256 g/mol. The molecule has 2 aromatic carbocycles. The lowest BCUT2D eigenvalue weighted by Gasteiger charge is -1.99. The molecule has 90 valence electrons. The third-order valence-corrected chi connectivity index (χ3v) is 3.18. The molecule has 0 bridgehead atoms. The van der Waals surface area contributed by atoms with Crippen molar-refractivity contribution in [2.45, 2.75) is 13.3 Å².